The molecule has 0 saturated carbocycles. The summed E-state index contributed by atoms with van der Waals surface area (Å²) in [5, 5.41) is 5.65. The van der Waals surface area contributed by atoms with Crippen molar-refractivity contribution in [3.8, 4) is 5.75 Å². The quantitative estimate of drug-likeness (QED) is 0.586. The third kappa shape index (κ3) is 6.07. The lowest BCUT2D eigenvalue weighted by Crippen LogP contribution is -2.14. The summed E-state index contributed by atoms with van der Waals surface area (Å²) in [5.74, 6) is 0.305. The molecule has 0 aromatic heterocycles. The van der Waals surface area contributed by atoms with E-state index in [1.165, 1.54) is 6.08 Å². The van der Waals surface area contributed by atoms with E-state index in [9.17, 15) is 9.59 Å². The van der Waals surface area contributed by atoms with E-state index < -0.39 is 0 Å². The number of methoxy groups -OCH3 is 1. The Morgan fingerprint density at radius 2 is 1.55 bits per heavy atom. The smallest absolute Gasteiger partial charge is 0.248 e. The Balaban J connectivity index is 1.59. The Labute approximate surface area is 170 Å². The van der Waals surface area contributed by atoms with Gasteiger partial charge in [-0.15, -0.1) is 0 Å². The minimum Gasteiger partial charge on any atom is -0.496 e. The van der Waals surface area contributed by atoms with E-state index in [0.717, 1.165) is 11.1 Å². The van der Waals surface area contributed by atoms with Gasteiger partial charge in [0.05, 0.1) is 13.5 Å². The molecule has 0 heterocycles. The number of anilines is 2. The van der Waals surface area contributed by atoms with Crippen LogP contribution in [0.5, 0.6) is 5.75 Å². The van der Waals surface area contributed by atoms with Gasteiger partial charge in [0.1, 0.15) is 5.75 Å². The number of rotatable bonds is 7. The summed E-state index contributed by atoms with van der Waals surface area (Å²) in [6, 6.07) is 24.0. The van der Waals surface area contributed by atoms with Crippen molar-refractivity contribution in [1.82, 2.24) is 0 Å². The van der Waals surface area contributed by atoms with Crippen LogP contribution in [0.25, 0.3) is 6.08 Å². The van der Waals surface area contributed by atoms with Gasteiger partial charge in [-0.3, -0.25) is 9.59 Å². The second-order valence-electron chi connectivity index (χ2n) is 6.36. The number of para-hydroxylation sites is 1. The molecule has 2 N–H and O–H groups in total. The molecule has 0 atom stereocenters. The summed E-state index contributed by atoms with van der Waals surface area (Å²) in [6.07, 6.45) is 3.43. The molecule has 29 heavy (non-hydrogen) atoms. The first-order chi connectivity index (χ1) is 14.1. The van der Waals surface area contributed by atoms with E-state index in [1.807, 2.05) is 54.6 Å². The van der Waals surface area contributed by atoms with Gasteiger partial charge in [-0.25, -0.2) is 0 Å². The van der Waals surface area contributed by atoms with Gasteiger partial charge >= 0.3 is 0 Å². The lowest BCUT2D eigenvalue weighted by molar-refractivity contribution is -0.115. The van der Waals surface area contributed by atoms with Crippen molar-refractivity contribution in [3.63, 3.8) is 0 Å². The van der Waals surface area contributed by atoms with Crippen LogP contribution in [0.1, 0.15) is 11.1 Å². The highest BCUT2D eigenvalue weighted by atomic mass is 16.5. The summed E-state index contributed by atoms with van der Waals surface area (Å²) in [5.41, 5.74) is 2.97. The largest absolute Gasteiger partial charge is 0.496 e. The molecule has 3 aromatic carbocycles. The van der Waals surface area contributed by atoms with Crippen molar-refractivity contribution in [2.24, 2.45) is 0 Å². The van der Waals surface area contributed by atoms with Gasteiger partial charge in [0.2, 0.25) is 11.8 Å². The van der Waals surface area contributed by atoms with Crippen molar-refractivity contribution in [1.29, 1.82) is 0 Å². The highest BCUT2D eigenvalue weighted by Crippen LogP contribution is 2.19. The number of amides is 2. The molecule has 0 aliphatic heterocycles. The Hall–Kier alpha value is -3.86. The average Bonchev–Trinajstić information content (AvgIpc) is 2.73. The van der Waals surface area contributed by atoms with Gasteiger partial charge in [0, 0.05) is 23.0 Å². The number of hydrogen-bond donors (Lipinski definition) is 2. The van der Waals surface area contributed by atoms with Crippen LogP contribution in [0.4, 0.5) is 11.4 Å². The predicted molar refractivity (Wildman–Crippen MR) is 116 cm³/mol. The Bertz CT molecular complexity index is 1010. The second kappa shape index (κ2) is 9.90. The normalized spacial score (nSPS) is 10.5. The van der Waals surface area contributed by atoms with Gasteiger partial charge < -0.3 is 15.4 Å². The Kier molecular flexibility index (Phi) is 6.79. The fraction of sp³-hybridized carbons (Fsp3) is 0.0833. The lowest BCUT2D eigenvalue weighted by atomic mass is 10.1. The zero-order valence-corrected chi connectivity index (χ0v) is 16.1. The SMILES string of the molecule is COc1ccccc1/C=C/C(=O)Nc1cccc(NC(=O)Cc2ccccc2)c1. The fourth-order valence-corrected chi connectivity index (χ4v) is 2.81. The summed E-state index contributed by atoms with van der Waals surface area (Å²) in [7, 11) is 1.59. The first-order valence-corrected chi connectivity index (χ1v) is 9.20. The minimum absolute atomic E-state index is 0.115. The molecule has 5 heteroatoms. The van der Waals surface area contributed by atoms with Gasteiger partial charge in [-0.1, -0.05) is 54.6 Å². The van der Waals surface area contributed by atoms with Crippen LogP contribution in [0.15, 0.2) is 84.9 Å². The van der Waals surface area contributed by atoms with Gasteiger partial charge in [-0.05, 0) is 35.9 Å². The molecule has 0 fully saturated rings. The van der Waals surface area contributed by atoms with Gasteiger partial charge in [0.15, 0.2) is 0 Å². The second-order valence-corrected chi connectivity index (χ2v) is 6.36. The molecule has 0 aliphatic rings. The van der Waals surface area contributed by atoms with E-state index in [0.29, 0.717) is 23.5 Å². The molecule has 0 spiro atoms. The summed E-state index contributed by atoms with van der Waals surface area (Å²) < 4.78 is 5.27. The summed E-state index contributed by atoms with van der Waals surface area (Å²) in [6.45, 7) is 0. The molecular formula is C24H22N2O3. The molecule has 3 aromatic rings. The maximum atomic E-state index is 12.2. The van der Waals surface area contributed by atoms with Crippen molar-refractivity contribution in [2.45, 2.75) is 6.42 Å². The Morgan fingerprint density at radius 1 is 0.862 bits per heavy atom. The van der Waals surface area contributed by atoms with Crippen LogP contribution in [-0.2, 0) is 16.0 Å². The van der Waals surface area contributed by atoms with Crippen LogP contribution >= 0.6 is 0 Å². The van der Waals surface area contributed by atoms with Gasteiger partial charge in [0.25, 0.3) is 0 Å². The van der Waals surface area contributed by atoms with Crippen molar-refractivity contribution >= 4 is 29.3 Å². The molecule has 0 radical (unpaired) electrons. The molecule has 146 valence electrons. The first-order valence-electron chi connectivity index (χ1n) is 9.20. The van der Waals surface area contributed by atoms with Crippen LogP contribution in [0, 0.1) is 0 Å². The molecule has 3 rings (SSSR count). The molecule has 2 amide bonds. The summed E-state index contributed by atoms with van der Waals surface area (Å²) >= 11 is 0. The van der Waals surface area contributed by atoms with Crippen LogP contribution < -0.4 is 15.4 Å². The molecule has 0 aliphatic carbocycles. The maximum absolute atomic E-state index is 12.2. The zero-order chi connectivity index (χ0) is 20.5. The van der Waals surface area contributed by atoms with E-state index >= 15 is 0 Å². The van der Waals surface area contributed by atoms with Crippen LogP contribution in [-0.4, -0.2) is 18.9 Å². The molecule has 0 bridgehead atoms. The van der Waals surface area contributed by atoms with Crippen LogP contribution in [0.3, 0.4) is 0 Å². The number of carbonyl (C=O) groups is 2. The molecule has 0 saturated heterocycles. The lowest BCUT2D eigenvalue weighted by Gasteiger charge is -2.08. The summed E-state index contributed by atoms with van der Waals surface area (Å²) in [4.78, 5) is 24.4. The Morgan fingerprint density at radius 3 is 2.31 bits per heavy atom. The number of ether oxygens (including phenoxy) is 1. The predicted octanol–water partition coefficient (Wildman–Crippen LogP) is 4.53. The fourth-order valence-electron chi connectivity index (χ4n) is 2.81. The average molecular weight is 386 g/mol. The number of hydrogen-bond acceptors (Lipinski definition) is 3. The third-order valence-electron chi connectivity index (χ3n) is 4.17. The van der Waals surface area contributed by atoms with Gasteiger partial charge in [-0.2, -0.15) is 0 Å². The topological polar surface area (TPSA) is 67.4 Å². The van der Waals surface area contributed by atoms with E-state index in [-0.39, 0.29) is 11.8 Å². The zero-order valence-electron chi connectivity index (χ0n) is 16.1. The van der Waals surface area contributed by atoms with Crippen molar-refractivity contribution in [2.75, 3.05) is 17.7 Å². The molecular weight excluding hydrogens is 364 g/mol. The molecule has 5 nitrogen and oxygen atoms in total. The van der Waals surface area contributed by atoms with E-state index in [4.69, 9.17) is 4.74 Å². The number of benzene rings is 3. The van der Waals surface area contributed by atoms with Crippen LogP contribution in [0.2, 0.25) is 0 Å². The highest BCUT2D eigenvalue weighted by Gasteiger charge is 2.06. The standard InChI is InChI=1S/C24H22N2O3/c1-29-22-13-6-5-10-19(22)14-15-23(27)25-20-11-7-12-21(17-20)26-24(28)16-18-8-3-2-4-9-18/h2-15,17H,16H2,1H3,(H,25,27)(H,26,28)/b15-14+. The van der Waals surface area contributed by atoms with E-state index in [1.54, 1.807) is 37.5 Å². The first kappa shape index (κ1) is 19.9. The molecule has 0 unspecified atom stereocenters. The van der Waals surface area contributed by atoms with Crippen molar-refractivity contribution in [3.05, 3.63) is 96.1 Å². The number of carbonyl (C=O) groups excluding carboxylic acids is 2. The van der Waals surface area contributed by atoms with E-state index in [2.05, 4.69) is 10.6 Å². The highest BCUT2D eigenvalue weighted by molar-refractivity contribution is 6.02. The monoisotopic (exact) mass is 386 g/mol. The number of nitrogens with one attached hydrogen (secondary N) is 2. The minimum atomic E-state index is -0.274. The van der Waals surface area contributed by atoms with Crippen molar-refractivity contribution < 1.29 is 14.3 Å². The third-order valence-corrected chi connectivity index (χ3v) is 4.17. The maximum Gasteiger partial charge on any atom is 0.248 e.